The van der Waals surface area contributed by atoms with Gasteiger partial charge in [-0.2, -0.15) is 13.2 Å². The molecule has 340 valence electrons. The molecule has 65 heavy (non-hydrogen) atoms. The second-order valence-electron chi connectivity index (χ2n) is 15.4. The molecule has 7 rings (SSSR count). The van der Waals surface area contributed by atoms with Crippen LogP contribution in [0.5, 0.6) is 5.75 Å². The van der Waals surface area contributed by atoms with E-state index < -0.39 is 12.7 Å². The highest BCUT2D eigenvalue weighted by molar-refractivity contribution is 7.99. The summed E-state index contributed by atoms with van der Waals surface area (Å²) in [5.74, 6) is 7.96. The number of carbonyl (C=O) groups excluding carboxylic acids is 1. The second-order valence-corrected chi connectivity index (χ2v) is 16.6. The van der Waals surface area contributed by atoms with Crippen LogP contribution >= 0.6 is 11.8 Å². The third kappa shape index (κ3) is 12.4. The van der Waals surface area contributed by atoms with Crippen molar-refractivity contribution in [3.05, 3.63) is 120 Å². The lowest BCUT2D eigenvalue weighted by Crippen LogP contribution is -2.25. The van der Waals surface area contributed by atoms with Crippen molar-refractivity contribution >= 4 is 51.0 Å². The molecule has 0 aliphatic carbocycles. The Kier molecular flexibility index (Phi) is 15.8. The molecular formula is C49H52F3N7O5S. The van der Waals surface area contributed by atoms with E-state index in [2.05, 4.69) is 43.2 Å². The highest BCUT2D eigenvalue weighted by Gasteiger charge is 2.30. The molecule has 4 N–H and O–H groups in total. The van der Waals surface area contributed by atoms with Crippen LogP contribution < -0.4 is 21.1 Å². The topological polar surface area (TPSA) is 144 Å². The largest absolute Gasteiger partial charge is 0.495 e. The number of ether oxygens (including phenoxy) is 3. The van der Waals surface area contributed by atoms with Gasteiger partial charge in [-0.05, 0) is 111 Å². The van der Waals surface area contributed by atoms with Crippen LogP contribution in [0.4, 0.5) is 24.5 Å². The summed E-state index contributed by atoms with van der Waals surface area (Å²) in [5.41, 5.74) is 14.1. The first-order valence-electron chi connectivity index (χ1n) is 21.4. The van der Waals surface area contributed by atoms with E-state index in [9.17, 15) is 18.0 Å². The molecule has 3 aromatic heterocycles. The first-order chi connectivity index (χ1) is 31.5. The molecule has 3 heterocycles. The fourth-order valence-corrected chi connectivity index (χ4v) is 8.33. The van der Waals surface area contributed by atoms with Gasteiger partial charge < -0.3 is 44.2 Å². The number of nitrogens with one attached hydrogen (secondary N) is 2. The van der Waals surface area contributed by atoms with Crippen molar-refractivity contribution in [2.45, 2.75) is 57.3 Å². The normalized spacial score (nSPS) is 11.5. The van der Waals surface area contributed by atoms with Gasteiger partial charge in [0.15, 0.2) is 0 Å². The van der Waals surface area contributed by atoms with Crippen LogP contribution in [0.2, 0.25) is 0 Å². The number of alkyl halides is 3. The van der Waals surface area contributed by atoms with Crippen molar-refractivity contribution in [1.29, 1.82) is 0 Å². The first-order valence-corrected chi connectivity index (χ1v) is 22.3. The Morgan fingerprint density at radius 2 is 1.72 bits per heavy atom. The van der Waals surface area contributed by atoms with Crippen LogP contribution in [0, 0.1) is 25.7 Å². The van der Waals surface area contributed by atoms with Gasteiger partial charge >= 0.3 is 6.18 Å². The van der Waals surface area contributed by atoms with Crippen LogP contribution in [0.15, 0.2) is 101 Å². The number of aryl methyl sites for hydroxylation is 2. The fraction of sp³-hybridized carbons (Fsp3) is 0.327. The van der Waals surface area contributed by atoms with Gasteiger partial charge in [-0.15, -0.1) is 11.8 Å². The van der Waals surface area contributed by atoms with Crippen molar-refractivity contribution in [2.24, 2.45) is 0 Å². The zero-order valence-electron chi connectivity index (χ0n) is 36.6. The van der Waals surface area contributed by atoms with Crippen molar-refractivity contribution in [2.75, 3.05) is 63.4 Å². The summed E-state index contributed by atoms with van der Waals surface area (Å²) in [4.78, 5) is 18.6. The maximum atomic E-state index is 13.4. The Hall–Kier alpha value is -6.41. The Morgan fingerprint density at radius 1 is 0.923 bits per heavy atom. The van der Waals surface area contributed by atoms with Gasteiger partial charge in [-0.1, -0.05) is 35.3 Å². The van der Waals surface area contributed by atoms with Crippen LogP contribution in [-0.2, 0) is 22.6 Å². The number of hydrogen-bond acceptors (Lipinski definition) is 10. The maximum absolute atomic E-state index is 13.4. The molecule has 0 aliphatic rings. The Morgan fingerprint density at radius 3 is 2.51 bits per heavy atom. The molecule has 0 saturated carbocycles. The highest BCUT2D eigenvalue weighted by Crippen LogP contribution is 2.32. The lowest BCUT2D eigenvalue weighted by atomic mass is 10.0. The number of anilines is 2. The summed E-state index contributed by atoms with van der Waals surface area (Å²) in [7, 11) is 1.59. The Bertz CT molecular complexity index is 2770. The Balaban J connectivity index is 0.743. The highest BCUT2D eigenvalue weighted by atomic mass is 32.2. The van der Waals surface area contributed by atoms with Crippen LogP contribution in [0.25, 0.3) is 33.1 Å². The van der Waals surface area contributed by atoms with Gasteiger partial charge in [0, 0.05) is 72.4 Å². The van der Waals surface area contributed by atoms with Gasteiger partial charge in [-0.3, -0.25) is 4.79 Å². The minimum absolute atomic E-state index is 0.122. The molecule has 0 spiro atoms. The van der Waals surface area contributed by atoms with Crippen LogP contribution in [0.1, 0.15) is 52.3 Å². The molecule has 16 heteroatoms. The van der Waals surface area contributed by atoms with E-state index in [0.29, 0.717) is 73.8 Å². The summed E-state index contributed by atoms with van der Waals surface area (Å²) in [6.45, 7) is 6.32. The number of amides is 1. The van der Waals surface area contributed by atoms with E-state index in [1.54, 1.807) is 43.1 Å². The van der Waals surface area contributed by atoms with Crippen molar-refractivity contribution in [1.82, 2.24) is 24.6 Å². The quantitative estimate of drug-likeness (QED) is 0.0276. The summed E-state index contributed by atoms with van der Waals surface area (Å²) in [5, 5.41) is 10.8. The number of hydrogen-bond donors (Lipinski definition) is 3. The maximum Gasteiger partial charge on any atom is 0.406 e. The lowest BCUT2D eigenvalue weighted by molar-refractivity contribution is -0.140. The summed E-state index contributed by atoms with van der Waals surface area (Å²) < 4.78 is 65.8. The number of fused-ring (bicyclic) bond motifs is 2. The number of rotatable bonds is 21. The van der Waals surface area contributed by atoms with E-state index in [0.717, 1.165) is 72.9 Å². The van der Waals surface area contributed by atoms with Gasteiger partial charge in [0.25, 0.3) is 5.91 Å². The summed E-state index contributed by atoms with van der Waals surface area (Å²) in [6, 6.07) is 26.1. The number of imidazole rings is 1. The average molecular weight is 908 g/mol. The molecule has 0 bridgehead atoms. The number of nitrogen functional groups attached to an aromatic ring is 1. The average Bonchev–Trinajstić information content (AvgIpc) is 3.97. The van der Waals surface area contributed by atoms with E-state index in [-0.39, 0.29) is 18.1 Å². The molecular weight excluding hydrogens is 856 g/mol. The van der Waals surface area contributed by atoms with Crippen LogP contribution in [0.3, 0.4) is 0 Å². The van der Waals surface area contributed by atoms with Gasteiger partial charge in [0.1, 0.15) is 18.1 Å². The summed E-state index contributed by atoms with van der Waals surface area (Å²) in [6.07, 6.45) is -0.236. The minimum Gasteiger partial charge on any atom is -0.495 e. The van der Waals surface area contributed by atoms with Crippen molar-refractivity contribution < 1.29 is 36.7 Å². The summed E-state index contributed by atoms with van der Waals surface area (Å²) >= 11 is 1.69. The zero-order valence-corrected chi connectivity index (χ0v) is 37.4. The number of benzene rings is 4. The standard InChI is InChI=1S/C49H52F3N7O5S/c1-33-47(34(2)64-57-33)36-15-17-42-45(27-36)58(32-56-42)30-35-10-4-11-37(26-35)48(60)55-20-7-21-62-22-8-23-63-24-9-25-65-39-16-18-43(46(29-39)61-3)54-19-6-12-38-28-40-41(53)13-5-14-44(40)59(38)31-49(50,51)52/h4-5,10-11,13-18,26-29,32,54H,7-9,19-25,30-31,53H2,1-3H3,(H,55,60). The number of nitrogens with zero attached hydrogens (tertiary/aromatic N) is 4. The van der Waals surface area contributed by atoms with Crippen molar-refractivity contribution in [3.63, 3.8) is 0 Å². The molecule has 1 amide bonds. The number of thioether (sulfide) groups is 1. The Labute approximate surface area is 380 Å². The number of methoxy groups -OCH3 is 1. The molecule has 0 unspecified atom stereocenters. The smallest absolute Gasteiger partial charge is 0.406 e. The number of carbonyl (C=O) groups is 1. The third-order valence-corrected chi connectivity index (χ3v) is 11.7. The van der Waals surface area contributed by atoms with E-state index >= 15 is 0 Å². The fourth-order valence-electron chi connectivity index (χ4n) is 7.48. The number of aromatic nitrogens is 4. The monoisotopic (exact) mass is 907 g/mol. The van der Waals surface area contributed by atoms with Gasteiger partial charge in [-0.25, -0.2) is 4.98 Å². The van der Waals surface area contributed by atoms with Crippen molar-refractivity contribution in [3.8, 4) is 28.7 Å². The first kappa shape index (κ1) is 46.6. The van der Waals surface area contributed by atoms with Gasteiger partial charge in [0.2, 0.25) is 0 Å². The van der Waals surface area contributed by atoms with E-state index in [1.165, 1.54) is 0 Å². The number of halogens is 3. The molecule has 4 aromatic carbocycles. The molecule has 12 nitrogen and oxygen atoms in total. The second kappa shape index (κ2) is 22.0. The molecule has 0 atom stereocenters. The molecule has 0 radical (unpaired) electrons. The molecule has 0 fully saturated rings. The molecule has 0 saturated heterocycles. The van der Waals surface area contributed by atoms with E-state index in [4.69, 9.17) is 24.5 Å². The SMILES string of the molecule is COc1cc(SCCCOCCCOCCCNC(=O)c2cccc(Cn3cnc4ccc(-c5c(C)noc5C)cc43)c2)ccc1NCC#Cc1cc2c(N)cccc2n1CC(F)(F)F. The molecule has 7 aromatic rings. The third-order valence-electron chi connectivity index (χ3n) is 10.6. The number of nitrogens with two attached hydrogens (primary N) is 1. The lowest BCUT2D eigenvalue weighted by Gasteiger charge is -2.12. The zero-order chi connectivity index (χ0) is 45.8. The van der Waals surface area contributed by atoms with Gasteiger partial charge in [0.05, 0.1) is 53.6 Å². The minimum atomic E-state index is -4.41. The predicted octanol–water partition coefficient (Wildman–Crippen LogP) is 9.65. The van der Waals surface area contributed by atoms with E-state index in [1.807, 2.05) is 74.8 Å². The van der Waals surface area contributed by atoms with Crippen LogP contribution in [-0.4, -0.2) is 83.7 Å². The molecule has 0 aliphatic heterocycles. The predicted molar refractivity (Wildman–Crippen MR) is 250 cm³/mol.